The average molecular weight is 231 g/mol. The molecule has 0 bridgehead atoms. The Hall–Kier alpha value is -1.67. The number of piperidine rings is 1. The van der Waals surface area contributed by atoms with Crippen LogP contribution in [0.1, 0.15) is 24.7 Å². The summed E-state index contributed by atoms with van der Waals surface area (Å²) >= 11 is 0. The molecule has 17 heavy (non-hydrogen) atoms. The molecule has 0 radical (unpaired) electrons. The molecular formula is C12H17N5. The van der Waals surface area contributed by atoms with Crippen molar-refractivity contribution in [2.45, 2.75) is 26.3 Å². The van der Waals surface area contributed by atoms with Gasteiger partial charge in [-0.15, -0.1) is 0 Å². The van der Waals surface area contributed by atoms with Crippen molar-refractivity contribution in [3.05, 3.63) is 17.5 Å². The van der Waals surface area contributed by atoms with Crippen molar-refractivity contribution in [2.75, 3.05) is 18.0 Å². The number of aromatic nitrogens is 2. The van der Waals surface area contributed by atoms with Crippen molar-refractivity contribution in [1.82, 2.24) is 9.97 Å². The number of nitrogens with zero attached hydrogens (tertiary/aromatic N) is 4. The van der Waals surface area contributed by atoms with Crippen LogP contribution in [0.15, 0.2) is 6.07 Å². The fourth-order valence-electron chi connectivity index (χ4n) is 2.03. The van der Waals surface area contributed by atoms with E-state index >= 15 is 0 Å². The molecule has 0 spiro atoms. The number of hydrogen-bond acceptors (Lipinski definition) is 5. The first-order valence-corrected chi connectivity index (χ1v) is 5.86. The van der Waals surface area contributed by atoms with Gasteiger partial charge in [0.25, 0.3) is 0 Å². The second-order valence-corrected chi connectivity index (χ2v) is 4.68. The maximum atomic E-state index is 8.90. The number of nitrogens with two attached hydrogens (primary N) is 1. The van der Waals surface area contributed by atoms with Crippen molar-refractivity contribution in [3.63, 3.8) is 0 Å². The van der Waals surface area contributed by atoms with Gasteiger partial charge >= 0.3 is 0 Å². The third-order valence-electron chi connectivity index (χ3n) is 3.26. The molecule has 5 heteroatoms. The molecule has 0 aromatic carbocycles. The zero-order valence-electron chi connectivity index (χ0n) is 10.2. The molecule has 1 saturated heterocycles. The van der Waals surface area contributed by atoms with Crippen LogP contribution in [0.4, 0.5) is 5.95 Å². The second-order valence-electron chi connectivity index (χ2n) is 4.68. The van der Waals surface area contributed by atoms with Gasteiger partial charge in [-0.3, -0.25) is 0 Å². The summed E-state index contributed by atoms with van der Waals surface area (Å²) in [6.45, 7) is 5.71. The lowest BCUT2D eigenvalue weighted by atomic mass is 9.94. The van der Waals surface area contributed by atoms with Crippen molar-refractivity contribution in [3.8, 4) is 6.07 Å². The molecule has 1 aliphatic rings. The molecule has 90 valence electrons. The Labute approximate surface area is 101 Å². The van der Waals surface area contributed by atoms with Gasteiger partial charge in [-0.25, -0.2) is 9.97 Å². The Balaban J connectivity index is 2.23. The summed E-state index contributed by atoms with van der Waals surface area (Å²) in [5.74, 6) is 1.16. The lowest BCUT2D eigenvalue weighted by molar-refractivity contribution is 0.376. The molecule has 5 nitrogen and oxygen atoms in total. The van der Waals surface area contributed by atoms with Gasteiger partial charge in [0.1, 0.15) is 11.8 Å². The third-order valence-corrected chi connectivity index (χ3v) is 3.26. The van der Waals surface area contributed by atoms with E-state index in [-0.39, 0.29) is 6.04 Å². The molecule has 1 aromatic rings. The highest BCUT2D eigenvalue weighted by molar-refractivity contribution is 5.36. The van der Waals surface area contributed by atoms with Crippen LogP contribution >= 0.6 is 0 Å². The van der Waals surface area contributed by atoms with Crippen molar-refractivity contribution in [1.29, 1.82) is 5.26 Å². The van der Waals surface area contributed by atoms with E-state index in [1.54, 1.807) is 6.07 Å². The van der Waals surface area contributed by atoms with Crippen LogP contribution in [0.5, 0.6) is 0 Å². The second kappa shape index (κ2) is 4.68. The summed E-state index contributed by atoms with van der Waals surface area (Å²) in [7, 11) is 0. The lowest BCUT2D eigenvalue weighted by Crippen LogP contribution is -2.48. The van der Waals surface area contributed by atoms with Crippen LogP contribution in [-0.4, -0.2) is 29.1 Å². The summed E-state index contributed by atoms with van der Waals surface area (Å²) in [4.78, 5) is 10.7. The normalized spacial score (nSPS) is 24.5. The number of aryl methyl sites for hydroxylation is 1. The smallest absolute Gasteiger partial charge is 0.226 e. The van der Waals surface area contributed by atoms with Crippen molar-refractivity contribution < 1.29 is 0 Å². The highest BCUT2D eigenvalue weighted by Crippen LogP contribution is 2.19. The van der Waals surface area contributed by atoms with Crippen molar-refractivity contribution in [2.24, 2.45) is 11.7 Å². The molecule has 2 heterocycles. The lowest BCUT2D eigenvalue weighted by Gasteiger charge is -2.35. The van der Waals surface area contributed by atoms with E-state index in [2.05, 4.69) is 27.9 Å². The van der Waals surface area contributed by atoms with Crippen LogP contribution < -0.4 is 10.6 Å². The Morgan fingerprint density at radius 3 is 2.94 bits per heavy atom. The van der Waals surface area contributed by atoms with Gasteiger partial charge in [-0.1, -0.05) is 6.92 Å². The highest BCUT2D eigenvalue weighted by Gasteiger charge is 2.24. The largest absolute Gasteiger partial charge is 0.339 e. The first-order valence-electron chi connectivity index (χ1n) is 5.86. The van der Waals surface area contributed by atoms with Gasteiger partial charge in [-0.2, -0.15) is 5.26 Å². The first kappa shape index (κ1) is 11.8. The molecule has 1 aliphatic heterocycles. The fourth-order valence-corrected chi connectivity index (χ4v) is 2.03. The Morgan fingerprint density at radius 2 is 2.29 bits per heavy atom. The SMILES string of the molecule is Cc1cc(C#N)nc(N2CCC(C)C(N)C2)n1. The van der Waals surface area contributed by atoms with Crippen LogP contribution in [0.3, 0.4) is 0 Å². The minimum atomic E-state index is 0.151. The first-order chi connectivity index (χ1) is 8.10. The molecule has 0 amide bonds. The third kappa shape index (κ3) is 2.53. The van der Waals surface area contributed by atoms with Crippen LogP contribution in [0.25, 0.3) is 0 Å². The summed E-state index contributed by atoms with van der Waals surface area (Å²) < 4.78 is 0. The summed E-state index contributed by atoms with van der Waals surface area (Å²) in [6.07, 6.45) is 1.04. The molecule has 0 saturated carbocycles. The minimum Gasteiger partial charge on any atom is -0.339 e. The van der Waals surface area contributed by atoms with Crippen molar-refractivity contribution >= 4 is 5.95 Å². The standard InChI is InChI=1S/C12H17N5/c1-8-3-4-17(7-11(8)14)12-15-9(2)5-10(6-13)16-12/h5,8,11H,3-4,7,14H2,1-2H3. The van der Waals surface area contributed by atoms with E-state index < -0.39 is 0 Å². The maximum absolute atomic E-state index is 8.90. The minimum absolute atomic E-state index is 0.151. The molecule has 2 rings (SSSR count). The van der Waals surface area contributed by atoms with Gasteiger partial charge < -0.3 is 10.6 Å². The maximum Gasteiger partial charge on any atom is 0.226 e. The highest BCUT2D eigenvalue weighted by atomic mass is 15.3. The number of nitriles is 1. The monoisotopic (exact) mass is 231 g/mol. The van der Waals surface area contributed by atoms with Gasteiger partial charge in [0, 0.05) is 24.8 Å². The predicted octanol–water partition coefficient (Wildman–Crippen LogP) is 0.830. The molecular weight excluding hydrogens is 214 g/mol. The van der Waals surface area contributed by atoms with E-state index in [0.717, 1.165) is 25.2 Å². The number of rotatable bonds is 1. The molecule has 0 aliphatic carbocycles. The van der Waals surface area contributed by atoms with Crippen LogP contribution in [-0.2, 0) is 0 Å². The molecule has 2 atom stereocenters. The zero-order valence-corrected chi connectivity index (χ0v) is 10.2. The Morgan fingerprint density at radius 1 is 1.53 bits per heavy atom. The zero-order chi connectivity index (χ0) is 12.4. The van der Waals surface area contributed by atoms with Crippen LogP contribution in [0, 0.1) is 24.2 Å². The quantitative estimate of drug-likeness (QED) is 0.774. The summed E-state index contributed by atoms with van der Waals surface area (Å²) in [6, 6.07) is 3.90. The van der Waals surface area contributed by atoms with E-state index in [9.17, 15) is 0 Å². The number of hydrogen-bond donors (Lipinski definition) is 1. The van der Waals surface area contributed by atoms with E-state index in [0.29, 0.717) is 17.6 Å². The van der Waals surface area contributed by atoms with Gasteiger partial charge in [0.2, 0.25) is 5.95 Å². The molecule has 2 unspecified atom stereocenters. The summed E-state index contributed by atoms with van der Waals surface area (Å²) in [5.41, 5.74) is 7.29. The van der Waals surface area contributed by atoms with Gasteiger partial charge in [-0.05, 0) is 25.3 Å². The Kier molecular flexibility index (Phi) is 3.25. The van der Waals surface area contributed by atoms with Crippen LogP contribution in [0.2, 0.25) is 0 Å². The van der Waals surface area contributed by atoms with Gasteiger partial charge in [0.15, 0.2) is 0 Å². The van der Waals surface area contributed by atoms with E-state index in [1.807, 2.05) is 6.92 Å². The van der Waals surface area contributed by atoms with Gasteiger partial charge in [0.05, 0.1) is 0 Å². The average Bonchev–Trinajstić information content (AvgIpc) is 2.32. The topological polar surface area (TPSA) is 78.8 Å². The van der Waals surface area contributed by atoms with E-state index in [1.165, 1.54) is 0 Å². The summed E-state index contributed by atoms with van der Waals surface area (Å²) in [5, 5.41) is 8.90. The molecule has 1 aromatic heterocycles. The fraction of sp³-hybridized carbons (Fsp3) is 0.583. The van der Waals surface area contributed by atoms with E-state index in [4.69, 9.17) is 11.0 Å². The predicted molar refractivity (Wildman–Crippen MR) is 65.5 cm³/mol. The molecule has 2 N–H and O–H groups in total. The Bertz CT molecular complexity index is 451. The molecule has 1 fully saturated rings. The number of anilines is 1.